The molecule has 0 aliphatic rings. The Kier molecular flexibility index (Phi) is 5.98. The molecule has 0 saturated heterocycles. The summed E-state index contributed by atoms with van der Waals surface area (Å²) >= 11 is 0. The van der Waals surface area contributed by atoms with Gasteiger partial charge >= 0.3 is 6.18 Å². The van der Waals surface area contributed by atoms with Gasteiger partial charge in [0.25, 0.3) is 0 Å². The van der Waals surface area contributed by atoms with Crippen molar-refractivity contribution in [3.63, 3.8) is 0 Å². The highest BCUT2D eigenvalue weighted by molar-refractivity contribution is 5.52. The highest BCUT2D eigenvalue weighted by Gasteiger charge is 2.32. The first-order valence-corrected chi connectivity index (χ1v) is 5.94. The van der Waals surface area contributed by atoms with Crippen molar-refractivity contribution >= 4 is 5.69 Å². The molecule has 0 unspecified atom stereocenters. The second-order valence-corrected chi connectivity index (χ2v) is 4.02. The van der Waals surface area contributed by atoms with Crippen LogP contribution in [0.2, 0.25) is 0 Å². The number of alkyl halides is 3. The smallest absolute Gasteiger partial charge is 0.385 e. The molecular formula is C13H18F3NO. The van der Waals surface area contributed by atoms with Crippen LogP contribution < -0.4 is 5.32 Å². The second-order valence-electron chi connectivity index (χ2n) is 4.02. The number of hydrogen-bond donors (Lipinski definition) is 1. The molecule has 0 aromatic heterocycles. The van der Waals surface area contributed by atoms with Crippen LogP contribution in [0.25, 0.3) is 0 Å². The molecule has 1 aromatic rings. The second kappa shape index (κ2) is 7.26. The number of para-hydroxylation sites is 1. The van der Waals surface area contributed by atoms with Crippen molar-refractivity contribution in [3.8, 4) is 0 Å². The van der Waals surface area contributed by atoms with Crippen LogP contribution in [0.5, 0.6) is 0 Å². The fraction of sp³-hybridized carbons (Fsp3) is 0.538. The zero-order chi connectivity index (χ0) is 13.4. The first kappa shape index (κ1) is 14.8. The van der Waals surface area contributed by atoms with Gasteiger partial charge in [0.15, 0.2) is 0 Å². The van der Waals surface area contributed by atoms with Gasteiger partial charge in [0.1, 0.15) is 0 Å². The lowest BCUT2D eigenvalue weighted by molar-refractivity contribution is -0.136. The highest BCUT2D eigenvalue weighted by atomic mass is 19.4. The van der Waals surface area contributed by atoms with Crippen LogP contribution in [-0.2, 0) is 10.9 Å². The number of rotatable bonds is 7. The quantitative estimate of drug-likeness (QED) is 0.751. The molecule has 0 radical (unpaired) electrons. The van der Waals surface area contributed by atoms with Gasteiger partial charge in [0.2, 0.25) is 0 Å². The van der Waals surface area contributed by atoms with Crippen molar-refractivity contribution in [1.82, 2.24) is 0 Å². The Morgan fingerprint density at radius 3 is 2.50 bits per heavy atom. The topological polar surface area (TPSA) is 21.3 Å². The molecule has 102 valence electrons. The molecule has 5 heteroatoms. The Hall–Kier alpha value is -1.23. The van der Waals surface area contributed by atoms with E-state index in [0.717, 1.165) is 25.3 Å². The van der Waals surface area contributed by atoms with Crippen molar-refractivity contribution in [2.75, 3.05) is 25.6 Å². The summed E-state index contributed by atoms with van der Waals surface area (Å²) in [6.07, 6.45) is -1.61. The lowest BCUT2D eigenvalue weighted by Crippen LogP contribution is -2.11. The summed E-state index contributed by atoms with van der Waals surface area (Å²) in [5, 5.41) is 2.84. The minimum atomic E-state index is -4.31. The number of benzene rings is 1. The fourth-order valence-electron chi connectivity index (χ4n) is 1.66. The van der Waals surface area contributed by atoms with Crippen LogP contribution in [0.15, 0.2) is 24.3 Å². The molecule has 1 aromatic carbocycles. The lowest BCUT2D eigenvalue weighted by atomic mass is 10.1. The van der Waals surface area contributed by atoms with Gasteiger partial charge in [-0.25, -0.2) is 0 Å². The molecule has 0 heterocycles. The molecule has 0 bridgehead atoms. The Balaban J connectivity index is 2.43. The first-order valence-electron chi connectivity index (χ1n) is 5.94. The number of nitrogens with one attached hydrogen (secondary N) is 1. The van der Waals surface area contributed by atoms with Gasteiger partial charge in [-0.3, -0.25) is 0 Å². The van der Waals surface area contributed by atoms with Gasteiger partial charge in [0, 0.05) is 25.9 Å². The molecule has 1 rings (SSSR count). The van der Waals surface area contributed by atoms with E-state index in [0.29, 0.717) is 13.2 Å². The number of methoxy groups -OCH3 is 1. The maximum Gasteiger partial charge on any atom is 0.418 e. The lowest BCUT2D eigenvalue weighted by Gasteiger charge is -2.14. The highest BCUT2D eigenvalue weighted by Crippen LogP contribution is 2.34. The summed E-state index contributed by atoms with van der Waals surface area (Å²) in [7, 11) is 1.64. The maximum absolute atomic E-state index is 12.7. The van der Waals surface area contributed by atoms with E-state index in [1.54, 1.807) is 13.2 Å². The third kappa shape index (κ3) is 4.96. The van der Waals surface area contributed by atoms with E-state index < -0.39 is 11.7 Å². The van der Waals surface area contributed by atoms with Crippen molar-refractivity contribution in [3.05, 3.63) is 29.8 Å². The molecule has 0 aliphatic heterocycles. The normalized spacial score (nSPS) is 11.6. The Labute approximate surface area is 105 Å². The summed E-state index contributed by atoms with van der Waals surface area (Å²) in [5.41, 5.74) is -0.460. The van der Waals surface area contributed by atoms with Gasteiger partial charge < -0.3 is 10.1 Å². The molecule has 0 fully saturated rings. The standard InChI is InChI=1S/C13H18F3NO/c1-18-10-6-2-5-9-17-12-8-4-3-7-11(12)13(14,15)16/h3-4,7-8,17H,2,5-6,9-10H2,1H3. The van der Waals surface area contributed by atoms with Gasteiger partial charge in [-0.15, -0.1) is 0 Å². The molecule has 0 saturated carbocycles. The van der Waals surface area contributed by atoms with Crippen LogP contribution in [0.1, 0.15) is 24.8 Å². The van der Waals surface area contributed by atoms with Crippen molar-refractivity contribution < 1.29 is 17.9 Å². The third-order valence-electron chi connectivity index (χ3n) is 2.57. The number of anilines is 1. The predicted molar refractivity (Wildman–Crippen MR) is 65.7 cm³/mol. The van der Waals surface area contributed by atoms with E-state index in [1.165, 1.54) is 12.1 Å². The van der Waals surface area contributed by atoms with Crippen LogP contribution in [0.3, 0.4) is 0 Å². The van der Waals surface area contributed by atoms with Crippen molar-refractivity contribution in [2.45, 2.75) is 25.4 Å². The molecule has 18 heavy (non-hydrogen) atoms. The number of hydrogen-bond acceptors (Lipinski definition) is 2. The minimum absolute atomic E-state index is 0.150. The Morgan fingerprint density at radius 1 is 1.11 bits per heavy atom. The molecule has 0 aliphatic carbocycles. The largest absolute Gasteiger partial charge is 0.418 e. The zero-order valence-corrected chi connectivity index (χ0v) is 10.4. The van der Waals surface area contributed by atoms with Crippen LogP contribution in [-0.4, -0.2) is 20.3 Å². The molecule has 1 N–H and O–H groups in total. The summed E-state index contributed by atoms with van der Waals surface area (Å²) in [4.78, 5) is 0. The van der Waals surface area contributed by atoms with Crippen LogP contribution >= 0.6 is 0 Å². The van der Waals surface area contributed by atoms with E-state index in [1.807, 2.05) is 0 Å². The summed E-state index contributed by atoms with van der Waals surface area (Å²) in [6.45, 7) is 1.23. The van der Waals surface area contributed by atoms with E-state index in [4.69, 9.17) is 4.74 Å². The average Bonchev–Trinajstić information content (AvgIpc) is 2.33. The monoisotopic (exact) mass is 261 g/mol. The van der Waals surface area contributed by atoms with Crippen LogP contribution in [0.4, 0.5) is 18.9 Å². The van der Waals surface area contributed by atoms with Gasteiger partial charge in [0.05, 0.1) is 5.56 Å². The van der Waals surface area contributed by atoms with Crippen LogP contribution in [0, 0.1) is 0 Å². The molecule has 0 spiro atoms. The number of unbranched alkanes of at least 4 members (excludes halogenated alkanes) is 2. The van der Waals surface area contributed by atoms with Gasteiger partial charge in [-0.2, -0.15) is 13.2 Å². The summed E-state index contributed by atoms with van der Waals surface area (Å²) < 4.78 is 42.9. The number of ether oxygens (including phenoxy) is 1. The number of halogens is 3. The van der Waals surface area contributed by atoms with E-state index in [-0.39, 0.29) is 5.69 Å². The molecule has 2 nitrogen and oxygen atoms in total. The third-order valence-corrected chi connectivity index (χ3v) is 2.57. The van der Waals surface area contributed by atoms with E-state index in [9.17, 15) is 13.2 Å². The van der Waals surface area contributed by atoms with E-state index >= 15 is 0 Å². The Morgan fingerprint density at radius 2 is 1.83 bits per heavy atom. The minimum Gasteiger partial charge on any atom is -0.385 e. The summed E-state index contributed by atoms with van der Waals surface area (Å²) in [5.74, 6) is 0. The SMILES string of the molecule is COCCCCCNc1ccccc1C(F)(F)F. The van der Waals surface area contributed by atoms with Gasteiger partial charge in [-0.05, 0) is 31.4 Å². The first-order chi connectivity index (χ1) is 8.55. The van der Waals surface area contributed by atoms with Crippen molar-refractivity contribution in [1.29, 1.82) is 0 Å². The Bertz CT molecular complexity index is 352. The molecule has 0 atom stereocenters. The predicted octanol–water partition coefficient (Wildman–Crippen LogP) is 3.93. The molecular weight excluding hydrogens is 243 g/mol. The fourth-order valence-corrected chi connectivity index (χ4v) is 1.66. The maximum atomic E-state index is 12.7. The summed E-state index contributed by atoms with van der Waals surface area (Å²) in [6, 6.07) is 5.54. The van der Waals surface area contributed by atoms with Crippen molar-refractivity contribution in [2.24, 2.45) is 0 Å². The zero-order valence-electron chi connectivity index (χ0n) is 10.4. The average molecular weight is 261 g/mol. The molecule has 0 amide bonds. The van der Waals surface area contributed by atoms with Gasteiger partial charge in [-0.1, -0.05) is 12.1 Å². The van der Waals surface area contributed by atoms with E-state index in [2.05, 4.69) is 5.32 Å².